The second-order valence-corrected chi connectivity index (χ2v) is 15.9. The highest BCUT2D eigenvalue weighted by Crippen LogP contribution is 2.47. The van der Waals surface area contributed by atoms with Gasteiger partial charge in [-0.2, -0.15) is 0 Å². The Labute approximate surface area is 257 Å². The van der Waals surface area contributed by atoms with Gasteiger partial charge in [0.1, 0.15) is 5.60 Å². The third kappa shape index (κ3) is 6.69. The average molecular weight is 613 g/mol. The van der Waals surface area contributed by atoms with Crippen LogP contribution in [0.3, 0.4) is 0 Å². The summed E-state index contributed by atoms with van der Waals surface area (Å²) < 4.78 is 6.53. The van der Waals surface area contributed by atoms with Crippen LogP contribution in [-0.4, -0.2) is 27.7 Å². The number of hydrogen-bond donors (Lipinski definition) is 1. The van der Waals surface area contributed by atoms with Crippen LogP contribution in [0.1, 0.15) is 85.0 Å². The van der Waals surface area contributed by atoms with Crippen LogP contribution < -0.4 is 0 Å². The quantitative estimate of drug-likeness (QED) is 0.184. The van der Waals surface area contributed by atoms with Crippen LogP contribution in [0.25, 0.3) is 0 Å². The summed E-state index contributed by atoms with van der Waals surface area (Å²) in [4.78, 5) is 31.9. The van der Waals surface area contributed by atoms with Gasteiger partial charge in [-0.1, -0.05) is 40.7 Å². The zero-order valence-electron chi connectivity index (χ0n) is 25.6. The predicted molar refractivity (Wildman–Crippen MR) is 172 cm³/mol. The van der Waals surface area contributed by atoms with Crippen LogP contribution in [0.4, 0.5) is 0 Å². The normalized spacial score (nSPS) is 21.5. The summed E-state index contributed by atoms with van der Waals surface area (Å²) in [5.74, 6) is -0.840. The summed E-state index contributed by atoms with van der Waals surface area (Å²) >= 11 is 4.79. The van der Waals surface area contributed by atoms with E-state index in [0.717, 1.165) is 34.4 Å². The number of carbonyl (C=O) groups excluding carboxylic acids is 2. The van der Waals surface area contributed by atoms with Gasteiger partial charge in [0, 0.05) is 14.6 Å². The maximum absolute atomic E-state index is 14.5. The molecule has 2 aromatic heterocycles. The minimum absolute atomic E-state index is 0.00716. The smallest absolute Gasteiger partial charge is 0.327 e. The standard InChI is InChI=1S/C34H44O4S3/c1-20(2)34(14-11-28-22(4)13-16-40-28)25(9-10-27-21(3)12-15-39-27)30(36)31(32(37)38-34)41-29-17-23(5)24(19-35)18-26(29)33(6,7)8/h12-13,15-18,20,25,31,35H,9-11,14,19H2,1-8H3. The first kappa shape index (κ1) is 32.0. The van der Waals surface area contributed by atoms with Gasteiger partial charge in [-0.15, -0.1) is 34.4 Å². The third-order valence-corrected chi connectivity index (χ3v) is 12.1. The number of Topliss-reactive ketones (excluding diaryl/α,β-unsaturated/α-hetero) is 1. The van der Waals surface area contributed by atoms with E-state index >= 15 is 0 Å². The number of thiophene rings is 2. The summed E-state index contributed by atoms with van der Waals surface area (Å²) in [6, 6.07) is 8.30. The average Bonchev–Trinajstić information content (AvgIpc) is 3.50. The van der Waals surface area contributed by atoms with E-state index in [-0.39, 0.29) is 23.7 Å². The number of esters is 1. The fourth-order valence-electron chi connectivity index (χ4n) is 5.99. The molecule has 41 heavy (non-hydrogen) atoms. The van der Waals surface area contributed by atoms with Crippen molar-refractivity contribution in [2.75, 3.05) is 0 Å². The van der Waals surface area contributed by atoms with E-state index in [1.165, 1.54) is 32.6 Å². The lowest BCUT2D eigenvalue weighted by atomic mass is 9.69. The first-order valence-corrected chi connectivity index (χ1v) is 17.2. The monoisotopic (exact) mass is 612 g/mol. The molecule has 1 fully saturated rings. The Morgan fingerprint density at radius 1 is 0.976 bits per heavy atom. The first-order valence-electron chi connectivity index (χ1n) is 14.5. The van der Waals surface area contributed by atoms with Crippen molar-refractivity contribution in [2.45, 2.75) is 109 Å². The summed E-state index contributed by atoms with van der Waals surface area (Å²) in [5, 5.41) is 13.2. The van der Waals surface area contributed by atoms with Crippen molar-refractivity contribution in [3.63, 3.8) is 0 Å². The van der Waals surface area contributed by atoms with Crippen LogP contribution in [-0.2, 0) is 39.2 Å². The molecule has 1 aliphatic rings. The SMILES string of the molecule is Cc1cc(SC2C(=O)OC(CCc3sccc3C)(C(C)C)C(CCc3sccc3C)C2=O)c(C(C)(C)C)cc1CO. The third-order valence-electron chi connectivity index (χ3n) is 8.67. The molecule has 1 aromatic carbocycles. The molecule has 0 amide bonds. The van der Waals surface area contributed by atoms with Gasteiger partial charge >= 0.3 is 5.97 Å². The number of rotatable bonds is 10. The fourth-order valence-corrected chi connectivity index (χ4v) is 9.24. The van der Waals surface area contributed by atoms with E-state index in [9.17, 15) is 14.7 Å². The molecule has 3 atom stereocenters. The topological polar surface area (TPSA) is 63.6 Å². The molecule has 3 unspecified atom stereocenters. The largest absolute Gasteiger partial charge is 0.457 e. The van der Waals surface area contributed by atoms with Gasteiger partial charge in [0.15, 0.2) is 11.0 Å². The van der Waals surface area contributed by atoms with Gasteiger partial charge in [-0.25, -0.2) is 0 Å². The van der Waals surface area contributed by atoms with E-state index in [4.69, 9.17) is 4.74 Å². The highest BCUT2D eigenvalue weighted by molar-refractivity contribution is 8.01. The van der Waals surface area contributed by atoms with E-state index in [1.54, 1.807) is 22.7 Å². The molecular weight excluding hydrogens is 569 g/mol. The number of ether oxygens (including phenoxy) is 1. The molecule has 0 saturated carbocycles. The molecule has 0 radical (unpaired) electrons. The molecule has 3 aromatic rings. The van der Waals surface area contributed by atoms with Gasteiger partial charge in [0.2, 0.25) is 0 Å². The second-order valence-electron chi connectivity index (χ2n) is 12.8. The van der Waals surface area contributed by atoms with Crippen LogP contribution in [0.15, 0.2) is 39.9 Å². The van der Waals surface area contributed by atoms with E-state index < -0.39 is 22.7 Å². The van der Waals surface area contributed by atoms with Crippen molar-refractivity contribution < 1.29 is 19.4 Å². The number of thioether (sulfide) groups is 1. The summed E-state index contributed by atoms with van der Waals surface area (Å²) in [5.41, 5.74) is 4.26. The number of benzene rings is 1. The zero-order valence-corrected chi connectivity index (χ0v) is 28.1. The number of aliphatic hydroxyl groups is 1. The molecule has 1 aliphatic heterocycles. The molecule has 3 heterocycles. The number of ketones is 1. The van der Waals surface area contributed by atoms with Crippen LogP contribution in [0.2, 0.25) is 0 Å². The van der Waals surface area contributed by atoms with Crippen molar-refractivity contribution in [3.8, 4) is 0 Å². The van der Waals surface area contributed by atoms with Crippen molar-refractivity contribution in [2.24, 2.45) is 11.8 Å². The lowest BCUT2D eigenvalue weighted by molar-refractivity contribution is -0.187. The molecule has 1 N–H and O–H groups in total. The summed E-state index contributed by atoms with van der Waals surface area (Å²) in [6.07, 6.45) is 2.86. The Bertz CT molecular complexity index is 1390. The maximum Gasteiger partial charge on any atom is 0.327 e. The van der Waals surface area contributed by atoms with Crippen LogP contribution in [0, 0.1) is 32.6 Å². The van der Waals surface area contributed by atoms with Crippen LogP contribution in [0.5, 0.6) is 0 Å². The minimum Gasteiger partial charge on any atom is -0.457 e. The minimum atomic E-state index is -0.916. The molecule has 0 bridgehead atoms. The van der Waals surface area contributed by atoms with E-state index in [2.05, 4.69) is 71.4 Å². The molecule has 222 valence electrons. The first-order chi connectivity index (χ1) is 19.3. The van der Waals surface area contributed by atoms with Gasteiger partial charge < -0.3 is 9.84 Å². The Morgan fingerprint density at radius 3 is 2.10 bits per heavy atom. The predicted octanol–water partition coefficient (Wildman–Crippen LogP) is 8.39. The van der Waals surface area contributed by atoms with Gasteiger partial charge in [-0.3, -0.25) is 9.59 Å². The fraction of sp³-hybridized carbons (Fsp3) is 0.529. The Morgan fingerprint density at radius 2 is 1.59 bits per heavy atom. The van der Waals surface area contributed by atoms with E-state index in [0.29, 0.717) is 12.8 Å². The number of hydrogen-bond acceptors (Lipinski definition) is 7. The van der Waals surface area contributed by atoms with Crippen molar-refractivity contribution in [1.82, 2.24) is 0 Å². The highest BCUT2D eigenvalue weighted by atomic mass is 32.2. The lowest BCUT2D eigenvalue weighted by Gasteiger charge is -2.47. The maximum atomic E-state index is 14.5. The lowest BCUT2D eigenvalue weighted by Crippen LogP contribution is -2.59. The number of carbonyl (C=O) groups is 2. The number of aryl methyl sites for hydroxylation is 5. The molecule has 0 spiro atoms. The molecule has 7 heteroatoms. The van der Waals surface area contributed by atoms with Gasteiger partial charge in [-0.05, 0) is 115 Å². The number of aliphatic hydroxyl groups excluding tert-OH is 1. The second kappa shape index (κ2) is 12.7. The summed E-state index contributed by atoms with van der Waals surface area (Å²) in [6.45, 7) is 16.7. The van der Waals surface area contributed by atoms with Crippen molar-refractivity contribution in [3.05, 3.63) is 72.6 Å². The van der Waals surface area contributed by atoms with E-state index in [1.807, 2.05) is 19.1 Å². The zero-order chi connectivity index (χ0) is 30.1. The highest BCUT2D eigenvalue weighted by Gasteiger charge is 2.56. The summed E-state index contributed by atoms with van der Waals surface area (Å²) in [7, 11) is 0. The Kier molecular flexibility index (Phi) is 9.94. The molecule has 4 nitrogen and oxygen atoms in total. The van der Waals surface area contributed by atoms with Crippen LogP contribution >= 0.6 is 34.4 Å². The Balaban J connectivity index is 1.72. The van der Waals surface area contributed by atoms with Crippen molar-refractivity contribution in [1.29, 1.82) is 0 Å². The molecular formula is C34H44O4S3. The molecule has 0 aliphatic carbocycles. The van der Waals surface area contributed by atoms with Gasteiger partial charge in [0.25, 0.3) is 0 Å². The molecule has 1 saturated heterocycles. The van der Waals surface area contributed by atoms with Crippen molar-refractivity contribution >= 4 is 46.2 Å². The van der Waals surface area contributed by atoms with Gasteiger partial charge in [0.05, 0.1) is 12.5 Å². The molecule has 4 rings (SSSR count). The number of cyclic esters (lactones) is 1. The Hall–Kier alpha value is -1.93.